The molecule has 2 aromatic rings. The van der Waals surface area contributed by atoms with Gasteiger partial charge in [0.25, 0.3) is 5.56 Å². The number of fused-ring (bicyclic) bond motifs is 1. The molecule has 1 saturated heterocycles. The van der Waals surface area contributed by atoms with Crippen molar-refractivity contribution in [3.63, 3.8) is 0 Å². The lowest BCUT2D eigenvalue weighted by Gasteiger charge is -2.34. The zero-order chi connectivity index (χ0) is 17.4. The van der Waals surface area contributed by atoms with E-state index in [1.165, 1.54) is 5.56 Å². The lowest BCUT2D eigenvalue weighted by atomic mass is 10.1. The second-order valence-electron chi connectivity index (χ2n) is 7.27. The van der Waals surface area contributed by atoms with Crippen molar-refractivity contribution in [1.82, 2.24) is 14.8 Å². The van der Waals surface area contributed by atoms with Crippen molar-refractivity contribution in [2.24, 2.45) is 5.92 Å². The fourth-order valence-corrected chi connectivity index (χ4v) is 3.59. The molecule has 2 fully saturated rings. The van der Waals surface area contributed by atoms with Crippen molar-refractivity contribution in [1.29, 1.82) is 0 Å². The molecule has 1 aromatic carbocycles. The first kappa shape index (κ1) is 16.3. The molecule has 0 spiro atoms. The number of nitrogens with zero attached hydrogens (tertiary/aromatic N) is 2. The standard InChI is InChI=1S/C20H25N3O2/c1-2-14-3-6-18-16(11-14)12-17(19(24)21-18)13-22-7-9-23(10-8-22)20(25)15-4-5-15/h3,6,11-12,15H,2,4-5,7-10,13H2,1H3,(H,21,24). The average Bonchev–Trinajstić information content (AvgIpc) is 3.47. The number of hydrogen-bond acceptors (Lipinski definition) is 3. The molecule has 5 nitrogen and oxygen atoms in total. The number of carbonyl (C=O) groups is 1. The molecule has 132 valence electrons. The van der Waals surface area contributed by atoms with E-state index in [0.29, 0.717) is 18.4 Å². The van der Waals surface area contributed by atoms with E-state index in [1.807, 2.05) is 17.0 Å². The maximum absolute atomic E-state index is 12.4. The van der Waals surface area contributed by atoms with Crippen molar-refractivity contribution in [2.45, 2.75) is 32.7 Å². The SMILES string of the molecule is CCc1ccc2[nH]c(=O)c(CN3CCN(C(=O)C4CC4)CC3)cc2c1. The van der Waals surface area contributed by atoms with Gasteiger partial charge in [-0.25, -0.2) is 0 Å². The highest BCUT2D eigenvalue weighted by Gasteiger charge is 2.34. The summed E-state index contributed by atoms with van der Waals surface area (Å²) in [6.45, 7) is 6.01. The fraction of sp³-hybridized carbons (Fsp3) is 0.500. The van der Waals surface area contributed by atoms with Gasteiger partial charge in [0.15, 0.2) is 0 Å². The number of aromatic amines is 1. The predicted molar refractivity (Wildman–Crippen MR) is 98.5 cm³/mol. The quantitative estimate of drug-likeness (QED) is 0.928. The van der Waals surface area contributed by atoms with Crippen molar-refractivity contribution in [2.75, 3.05) is 26.2 Å². The Labute approximate surface area is 147 Å². The monoisotopic (exact) mass is 339 g/mol. The van der Waals surface area contributed by atoms with Crippen molar-refractivity contribution in [3.05, 3.63) is 45.7 Å². The molecule has 1 aliphatic heterocycles. The van der Waals surface area contributed by atoms with Crippen LogP contribution in [0.5, 0.6) is 0 Å². The smallest absolute Gasteiger partial charge is 0.252 e. The van der Waals surface area contributed by atoms with Gasteiger partial charge in [-0.15, -0.1) is 0 Å². The van der Waals surface area contributed by atoms with Gasteiger partial charge in [0.1, 0.15) is 0 Å². The van der Waals surface area contributed by atoms with Gasteiger partial charge in [0.05, 0.1) is 0 Å². The first-order valence-electron chi connectivity index (χ1n) is 9.30. The number of amides is 1. The highest BCUT2D eigenvalue weighted by atomic mass is 16.2. The van der Waals surface area contributed by atoms with E-state index in [2.05, 4.69) is 28.9 Å². The van der Waals surface area contributed by atoms with Crippen LogP contribution in [-0.2, 0) is 17.8 Å². The molecule has 1 N–H and O–H groups in total. The molecule has 0 bridgehead atoms. The maximum Gasteiger partial charge on any atom is 0.252 e. The van der Waals surface area contributed by atoms with Crippen LogP contribution in [0.1, 0.15) is 30.9 Å². The number of benzene rings is 1. The van der Waals surface area contributed by atoms with E-state index in [-0.39, 0.29) is 5.56 Å². The Bertz CT molecular complexity index is 846. The molecule has 2 heterocycles. The maximum atomic E-state index is 12.4. The Kier molecular flexibility index (Phi) is 4.34. The van der Waals surface area contributed by atoms with E-state index in [4.69, 9.17) is 0 Å². The summed E-state index contributed by atoms with van der Waals surface area (Å²) in [6, 6.07) is 8.23. The number of carbonyl (C=O) groups excluding carboxylic acids is 1. The van der Waals surface area contributed by atoms with Gasteiger partial charge in [-0.2, -0.15) is 0 Å². The Hall–Kier alpha value is -2.14. The summed E-state index contributed by atoms with van der Waals surface area (Å²) in [5.74, 6) is 0.623. The van der Waals surface area contributed by atoms with Crippen LogP contribution in [0.2, 0.25) is 0 Å². The molecule has 25 heavy (non-hydrogen) atoms. The molecular formula is C20H25N3O2. The Morgan fingerprint density at radius 2 is 1.92 bits per heavy atom. The van der Waals surface area contributed by atoms with Gasteiger partial charge in [0, 0.05) is 49.7 Å². The number of aryl methyl sites for hydroxylation is 1. The van der Waals surface area contributed by atoms with Crippen molar-refractivity contribution >= 4 is 16.8 Å². The summed E-state index contributed by atoms with van der Waals surface area (Å²) in [6.07, 6.45) is 3.11. The lowest BCUT2D eigenvalue weighted by molar-refractivity contribution is -0.134. The number of hydrogen-bond donors (Lipinski definition) is 1. The molecule has 0 radical (unpaired) electrons. The Balaban J connectivity index is 1.46. The largest absolute Gasteiger partial charge is 0.340 e. The summed E-state index contributed by atoms with van der Waals surface area (Å²) in [7, 11) is 0. The zero-order valence-electron chi connectivity index (χ0n) is 14.8. The molecule has 1 amide bonds. The van der Waals surface area contributed by atoms with Gasteiger partial charge < -0.3 is 9.88 Å². The average molecular weight is 339 g/mol. The minimum absolute atomic E-state index is 0.00626. The van der Waals surface area contributed by atoms with Gasteiger partial charge in [0.2, 0.25) is 5.91 Å². The van der Waals surface area contributed by atoms with Gasteiger partial charge in [-0.05, 0) is 48.4 Å². The van der Waals surface area contributed by atoms with Crippen molar-refractivity contribution < 1.29 is 4.79 Å². The zero-order valence-corrected chi connectivity index (χ0v) is 14.8. The molecule has 5 heteroatoms. The molecule has 1 saturated carbocycles. The lowest BCUT2D eigenvalue weighted by Crippen LogP contribution is -2.49. The fourth-order valence-electron chi connectivity index (χ4n) is 3.59. The summed E-state index contributed by atoms with van der Waals surface area (Å²) < 4.78 is 0. The molecule has 4 rings (SSSR count). The topological polar surface area (TPSA) is 56.4 Å². The third-order valence-electron chi connectivity index (χ3n) is 5.40. The van der Waals surface area contributed by atoms with E-state index in [9.17, 15) is 9.59 Å². The molecule has 0 unspecified atom stereocenters. The minimum atomic E-state index is -0.00626. The van der Waals surface area contributed by atoms with Crippen LogP contribution >= 0.6 is 0 Å². The highest BCUT2D eigenvalue weighted by molar-refractivity contribution is 5.81. The van der Waals surface area contributed by atoms with E-state index in [0.717, 1.165) is 61.9 Å². The van der Waals surface area contributed by atoms with Gasteiger partial charge >= 0.3 is 0 Å². The number of H-pyrrole nitrogens is 1. The summed E-state index contributed by atoms with van der Waals surface area (Å²) in [5, 5.41) is 1.09. The second-order valence-corrected chi connectivity index (χ2v) is 7.27. The molecule has 1 aliphatic carbocycles. The Morgan fingerprint density at radius 1 is 1.16 bits per heavy atom. The number of aromatic nitrogens is 1. The predicted octanol–water partition coefficient (Wildman–Crippen LogP) is 2.14. The number of pyridine rings is 1. The van der Waals surface area contributed by atoms with Gasteiger partial charge in [-0.3, -0.25) is 14.5 Å². The number of nitrogens with one attached hydrogen (secondary N) is 1. The van der Waals surface area contributed by atoms with E-state index >= 15 is 0 Å². The number of piperazine rings is 1. The van der Waals surface area contributed by atoms with E-state index in [1.54, 1.807) is 0 Å². The van der Waals surface area contributed by atoms with Crippen molar-refractivity contribution in [3.8, 4) is 0 Å². The van der Waals surface area contributed by atoms with E-state index < -0.39 is 0 Å². The highest BCUT2D eigenvalue weighted by Crippen LogP contribution is 2.31. The molecule has 2 aliphatic rings. The summed E-state index contributed by atoms with van der Waals surface area (Å²) >= 11 is 0. The second kappa shape index (κ2) is 6.64. The molecular weight excluding hydrogens is 314 g/mol. The van der Waals surface area contributed by atoms with Crippen LogP contribution < -0.4 is 5.56 Å². The van der Waals surface area contributed by atoms with Crippen LogP contribution in [-0.4, -0.2) is 46.9 Å². The third kappa shape index (κ3) is 3.47. The molecule has 0 atom stereocenters. The first-order chi connectivity index (χ1) is 12.1. The van der Waals surface area contributed by atoms with Crippen LogP contribution in [0.3, 0.4) is 0 Å². The minimum Gasteiger partial charge on any atom is -0.340 e. The normalized spacial score (nSPS) is 18.7. The van der Waals surface area contributed by atoms with Crippen LogP contribution in [0.25, 0.3) is 10.9 Å². The van der Waals surface area contributed by atoms with Crippen LogP contribution in [0.15, 0.2) is 29.1 Å². The first-order valence-corrected chi connectivity index (χ1v) is 9.30. The number of rotatable bonds is 4. The summed E-state index contributed by atoms with van der Waals surface area (Å²) in [4.78, 5) is 31.8. The van der Waals surface area contributed by atoms with Gasteiger partial charge in [-0.1, -0.05) is 13.0 Å². The Morgan fingerprint density at radius 3 is 2.60 bits per heavy atom. The van der Waals surface area contributed by atoms with Crippen LogP contribution in [0, 0.1) is 5.92 Å². The molecule has 1 aromatic heterocycles. The van der Waals surface area contributed by atoms with Crippen LogP contribution in [0.4, 0.5) is 0 Å². The third-order valence-corrected chi connectivity index (χ3v) is 5.40. The summed E-state index contributed by atoms with van der Waals surface area (Å²) in [5.41, 5.74) is 2.97.